The smallest absolute Gasteiger partial charge is 0.237 e. The highest BCUT2D eigenvalue weighted by atomic mass is 32.2. The lowest BCUT2D eigenvalue weighted by molar-refractivity contribution is 0.591. The van der Waals surface area contributed by atoms with Crippen LogP contribution in [0.3, 0.4) is 0 Å². The number of hydrogen-bond acceptors (Lipinski definition) is 8. The predicted molar refractivity (Wildman–Crippen MR) is 71.5 cm³/mol. The third-order valence-corrected chi connectivity index (χ3v) is 5.30. The first kappa shape index (κ1) is 14.1. The Hall–Kier alpha value is -1.35. The van der Waals surface area contributed by atoms with Crippen molar-refractivity contribution >= 4 is 21.6 Å². The normalized spacial score (nSPS) is 16.9. The van der Waals surface area contributed by atoms with Gasteiger partial charge in [0.1, 0.15) is 0 Å². The van der Waals surface area contributed by atoms with E-state index in [1.54, 1.807) is 19.1 Å². The van der Waals surface area contributed by atoms with Crippen molar-refractivity contribution < 1.29 is 8.42 Å². The summed E-state index contributed by atoms with van der Waals surface area (Å²) in [4.78, 5) is 3.16. The fourth-order valence-corrected chi connectivity index (χ4v) is 3.72. The fourth-order valence-electron chi connectivity index (χ4n) is 1.43. The summed E-state index contributed by atoms with van der Waals surface area (Å²) in [7, 11) is -3.31. The number of aromatic nitrogens is 1. The molecule has 0 saturated carbocycles. The Morgan fingerprint density at radius 2 is 2.00 bits per heavy atom. The number of pyridine rings is 1. The molecule has 1 aliphatic heterocycles. The SMILES string of the molecule is CC1(SCCCS(=O)(=O)c2ccccn2)N=NN=N1. The van der Waals surface area contributed by atoms with E-state index in [4.69, 9.17) is 0 Å². The Morgan fingerprint density at radius 3 is 2.63 bits per heavy atom. The molecule has 1 aromatic heterocycles. The molecular weight excluding hydrogens is 286 g/mol. The van der Waals surface area contributed by atoms with E-state index in [2.05, 4.69) is 25.7 Å². The molecule has 0 N–H and O–H groups in total. The molecule has 1 aromatic rings. The zero-order valence-electron chi connectivity index (χ0n) is 10.3. The summed E-state index contributed by atoms with van der Waals surface area (Å²) in [5, 5.41) is 14.7. The molecule has 0 radical (unpaired) electrons. The Kier molecular flexibility index (Phi) is 4.25. The standard InChI is InChI=1S/C10H13N5O2S2/c1-10(12-14-15-13-10)18-7-4-8-19(16,17)9-5-2-3-6-11-9/h2-3,5-6H,4,7-8H2,1H3. The minimum absolute atomic E-state index is 0.0569. The highest BCUT2D eigenvalue weighted by Crippen LogP contribution is 2.32. The van der Waals surface area contributed by atoms with E-state index < -0.39 is 14.8 Å². The quantitative estimate of drug-likeness (QED) is 0.754. The van der Waals surface area contributed by atoms with Crippen LogP contribution < -0.4 is 0 Å². The van der Waals surface area contributed by atoms with Gasteiger partial charge in [0.25, 0.3) is 0 Å². The monoisotopic (exact) mass is 299 g/mol. The zero-order valence-corrected chi connectivity index (χ0v) is 11.9. The van der Waals surface area contributed by atoms with Crippen LogP contribution in [0.15, 0.2) is 50.1 Å². The molecule has 0 saturated heterocycles. The molecule has 0 amide bonds. The average Bonchev–Trinajstić information content (AvgIpc) is 2.83. The van der Waals surface area contributed by atoms with Crippen LogP contribution in [-0.4, -0.2) is 29.9 Å². The minimum atomic E-state index is -3.31. The number of thioether (sulfide) groups is 1. The molecule has 0 fully saturated rings. The van der Waals surface area contributed by atoms with Crippen molar-refractivity contribution in [2.45, 2.75) is 23.4 Å². The number of rotatable bonds is 6. The van der Waals surface area contributed by atoms with E-state index in [1.165, 1.54) is 24.0 Å². The van der Waals surface area contributed by atoms with E-state index in [-0.39, 0.29) is 10.8 Å². The highest BCUT2D eigenvalue weighted by Gasteiger charge is 2.27. The second kappa shape index (κ2) is 5.74. The van der Waals surface area contributed by atoms with Crippen molar-refractivity contribution in [3.8, 4) is 0 Å². The van der Waals surface area contributed by atoms with Gasteiger partial charge in [-0.05, 0) is 41.7 Å². The van der Waals surface area contributed by atoms with E-state index in [9.17, 15) is 8.42 Å². The Bertz CT molecular complexity index is 573. The fraction of sp³-hybridized carbons (Fsp3) is 0.500. The average molecular weight is 299 g/mol. The van der Waals surface area contributed by atoms with Gasteiger partial charge >= 0.3 is 0 Å². The Morgan fingerprint density at radius 1 is 1.26 bits per heavy atom. The molecule has 102 valence electrons. The van der Waals surface area contributed by atoms with Crippen molar-refractivity contribution in [3.63, 3.8) is 0 Å². The second-order valence-electron chi connectivity index (χ2n) is 4.00. The molecule has 0 aromatic carbocycles. The van der Waals surface area contributed by atoms with Crippen LogP contribution in [0.4, 0.5) is 0 Å². The van der Waals surface area contributed by atoms with Crippen LogP contribution in [-0.2, 0) is 9.84 Å². The number of nitrogens with zero attached hydrogens (tertiary/aromatic N) is 5. The number of sulfone groups is 1. The van der Waals surface area contributed by atoms with Gasteiger partial charge in [-0.25, -0.2) is 13.4 Å². The van der Waals surface area contributed by atoms with Gasteiger partial charge in [-0.3, -0.25) is 0 Å². The van der Waals surface area contributed by atoms with Crippen molar-refractivity contribution in [1.82, 2.24) is 4.98 Å². The molecule has 19 heavy (non-hydrogen) atoms. The molecule has 0 aliphatic carbocycles. The van der Waals surface area contributed by atoms with Gasteiger partial charge in [-0.15, -0.1) is 22.0 Å². The molecule has 2 rings (SSSR count). The van der Waals surface area contributed by atoms with Crippen LogP contribution in [0.25, 0.3) is 0 Å². The largest absolute Gasteiger partial charge is 0.245 e. The van der Waals surface area contributed by atoms with Gasteiger partial charge in [-0.1, -0.05) is 6.07 Å². The first-order valence-electron chi connectivity index (χ1n) is 5.64. The van der Waals surface area contributed by atoms with Crippen molar-refractivity contribution in [1.29, 1.82) is 0 Å². The Balaban J connectivity index is 1.83. The van der Waals surface area contributed by atoms with E-state index in [0.29, 0.717) is 12.2 Å². The molecule has 0 spiro atoms. The van der Waals surface area contributed by atoms with Crippen molar-refractivity contribution in [3.05, 3.63) is 24.4 Å². The summed E-state index contributed by atoms with van der Waals surface area (Å²) < 4.78 is 23.9. The maximum atomic E-state index is 12.0. The van der Waals surface area contributed by atoms with E-state index in [0.717, 1.165) is 0 Å². The topological polar surface area (TPSA) is 96.5 Å². The van der Waals surface area contributed by atoms with Crippen LogP contribution in [0.1, 0.15) is 13.3 Å². The van der Waals surface area contributed by atoms with E-state index >= 15 is 0 Å². The summed E-state index contributed by atoms with van der Waals surface area (Å²) in [6.45, 7) is 1.78. The van der Waals surface area contributed by atoms with Gasteiger partial charge in [-0.2, -0.15) is 0 Å². The molecule has 0 bridgehead atoms. The second-order valence-corrected chi connectivity index (χ2v) is 7.53. The van der Waals surface area contributed by atoms with Crippen LogP contribution in [0.2, 0.25) is 0 Å². The first-order chi connectivity index (χ1) is 9.02. The maximum absolute atomic E-state index is 12.0. The van der Waals surface area contributed by atoms with Gasteiger partial charge in [0.05, 0.1) is 5.75 Å². The molecule has 7 nitrogen and oxygen atoms in total. The highest BCUT2D eigenvalue weighted by molar-refractivity contribution is 8.00. The summed E-state index contributed by atoms with van der Waals surface area (Å²) in [6.07, 6.45) is 1.98. The summed E-state index contributed by atoms with van der Waals surface area (Å²) in [5.41, 5.74) is 0. The number of hydrogen-bond donors (Lipinski definition) is 0. The Labute approximate surface area is 115 Å². The van der Waals surface area contributed by atoms with Crippen LogP contribution in [0.5, 0.6) is 0 Å². The van der Waals surface area contributed by atoms with Crippen molar-refractivity contribution in [2.75, 3.05) is 11.5 Å². The van der Waals surface area contributed by atoms with Gasteiger partial charge < -0.3 is 0 Å². The molecular formula is C10H13N5O2S2. The lowest BCUT2D eigenvalue weighted by Gasteiger charge is -2.12. The minimum Gasteiger partial charge on any atom is -0.245 e. The molecule has 0 unspecified atom stereocenters. The van der Waals surface area contributed by atoms with Crippen LogP contribution in [0, 0.1) is 0 Å². The first-order valence-corrected chi connectivity index (χ1v) is 8.27. The third-order valence-electron chi connectivity index (χ3n) is 2.39. The summed E-state index contributed by atoms with van der Waals surface area (Å²) in [5.74, 6) is 0.669. The van der Waals surface area contributed by atoms with Crippen LogP contribution >= 0.6 is 11.8 Å². The predicted octanol–water partition coefficient (Wildman–Crippen LogP) is 2.49. The summed E-state index contributed by atoms with van der Waals surface area (Å²) >= 11 is 1.42. The molecule has 9 heteroatoms. The summed E-state index contributed by atoms with van der Waals surface area (Å²) in [6, 6.07) is 4.85. The maximum Gasteiger partial charge on any atom is 0.237 e. The van der Waals surface area contributed by atoms with Gasteiger partial charge in [0.15, 0.2) is 14.9 Å². The molecule has 2 heterocycles. The zero-order chi connectivity index (χ0) is 13.8. The lowest BCUT2D eigenvalue weighted by Crippen LogP contribution is -2.13. The van der Waals surface area contributed by atoms with Gasteiger partial charge in [0, 0.05) is 6.20 Å². The molecule has 0 atom stereocenters. The van der Waals surface area contributed by atoms with E-state index in [1.807, 2.05) is 0 Å². The molecule has 1 aliphatic rings. The lowest BCUT2D eigenvalue weighted by atomic mass is 10.5. The third kappa shape index (κ3) is 3.80. The van der Waals surface area contributed by atoms with Gasteiger partial charge in [0.2, 0.25) is 4.99 Å². The van der Waals surface area contributed by atoms with Crippen molar-refractivity contribution in [2.24, 2.45) is 20.7 Å².